The minimum absolute atomic E-state index is 0.202. The maximum Gasteiger partial charge on any atom is 0.262 e. The molecule has 1 aromatic carbocycles. The summed E-state index contributed by atoms with van der Waals surface area (Å²) in [4.78, 5) is 16.3. The molecule has 0 radical (unpaired) electrons. The second-order valence-corrected chi connectivity index (χ2v) is 5.12. The number of para-hydroxylation sites is 1. The summed E-state index contributed by atoms with van der Waals surface area (Å²) in [6, 6.07) is 13.1. The van der Waals surface area contributed by atoms with Crippen LogP contribution in [0.2, 0.25) is 0 Å². The highest BCUT2D eigenvalue weighted by Crippen LogP contribution is 2.14. The number of hydrogen-bond acceptors (Lipinski definition) is 4. The number of hydrazone groups is 1. The first-order chi connectivity index (χ1) is 10.6. The number of nitrogens with one attached hydrogen (secondary N) is 2. The molecule has 5 heteroatoms. The summed E-state index contributed by atoms with van der Waals surface area (Å²) < 4.78 is 0. The van der Waals surface area contributed by atoms with Crippen LogP contribution in [0.3, 0.4) is 0 Å². The van der Waals surface area contributed by atoms with E-state index in [9.17, 15) is 4.79 Å². The predicted octanol–water partition coefficient (Wildman–Crippen LogP) is 2.65. The second kappa shape index (κ2) is 7.36. The summed E-state index contributed by atoms with van der Waals surface area (Å²) in [5.74, 6) is -0.202. The number of aromatic nitrogens is 1. The lowest BCUT2D eigenvalue weighted by molar-refractivity contribution is -0.121. The Morgan fingerprint density at radius 2 is 1.95 bits per heavy atom. The fraction of sp³-hybridized carbons (Fsp3) is 0.235. The van der Waals surface area contributed by atoms with Crippen molar-refractivity contribution in [2.45, 2.75) is 26.8 Å². The van der Waals surface area contributed by atoms with Gasteiger partial charge in [0, 0.05) is 11.4 Å². The van der Waals surface area contributed by atoms with Crippen LogP contribution in [0.15, 0.2) is 47.6 Å². The standard InChI is InChI=1S/C17H20N4O/c1-12-7-4-5-10-16(12)20-14(3)17(22)21-18-11-15-9-6-8-13(2)19-15/h4-11,14,20H,1-3H3,(H,21,22)/b18-11-/t14-/m0/s1. The largest absolute Gasteiger partial charge is 0.374 e. The van der Waals surface area contributed by atoms with E-state index in [4.69, 9.17) is 0 Å². The van der Waals surface area contributed by atoms with Gasteiger partial charge in [0.05, 0.1) is 11.9 Å². The molecular weight excluding hydrogens is 276 g/mol. The van der Waals surface area contributed by atoms with Gasteiger partial charge in [-0.25, -0.2) is 5.43 Å². The highest BCUT2D eigenvalue weighted by atomic mass is 16.2. The third-order valence-corrected chi connectivity index (χ3v) is 3.19. The second-order valence-electron chi connectivity index (χ2n) is 5.12. The van der Waals surface area contributed by atoms with Gasteiger partial charge in [-0.1, -0.05) is 24.3 Å². The number of hydrogen-bond donors (Lipinski definition) is 2. The Balaban J connectivity index is 1.90. The van der Waals surface area contributed by atoms with Crippen LogP contribution in [-0.2, 0) is 4.79 Å². The van der Waals surface area contributed by atoms with Gasteiger partial charge in [0.1, 0.15) is 6.04 Å². The topological polar surface area (TPSA) is 66.4 Å². The number of rotatable bonds is 5. The van der Waals surface area contributed by atoms with Gasteiger partial charge in [0.2, 0.25) is 0 Å². The lowest BCUT2D eigenvalue weighted by Gasteiger charge is -2.15. The van der Waals surface area contributed by atoms with E-state index in [0.717, 1.165) is 16.9 Å². The van der Waals surface area contributed by atoms with E-state index in [0.29, 0.717) is 5.69 Å². The van der Waals surface area contributed by atoms with Gasteiger partial charge in [0.15, 0.2) is 0 Å². The summed E-state index contributed by atoms with van der Waals surface area (Å²) in [5, 5.41) is 7.11. The van der Waals surface area contributed by atoms with E-state index in [-0.39, 0.29) is 11.9 Å². The van der Waals surface area contributed by atoms with Crippen molar-refractivity contribution in [3.63, 3.8) is 0 Å². The number of nitrogens with zero attached hydrogens (tertiary/aromatic N) is 2. The van der Waals surface area contributed by atoms with Gasteiger partial charge in [-0.15, -0.1) is 0 Å². The van der Waals surface area contributed by atoms with Crippen LogP contribution in [0.4, 0.5) is 5.69 Å². The van der Waals surface area contributed by atoms with Gasteiger partial charge >= 0.3 is 0 Å². The molecule has 0 aliphatic heterocycles. The van der Waals surface area contributed by atoms with Crippen molar-refractivity contribution in [2.24, 2.45) is 5.10 Å². The smallest absolute Gasteiger partial charge is 0.262 e. The molecule has 0 aliphatic carbocycles. The van der Waals surface area contributed by atoms with Crippen LogP contribution < -0.4 is 10.7 Å². The molecule has 0 saturated carbocycles. The molecule has 0 fully saturated rings. The van der Waals surface area contributed by atoms with E-state index in [2.05, 4.69) is 20.8 Å². The van der Waals surface area contributed by atoms with Crippen LogP contribution in [0.25, 0.3) is 0 Å². The molecule has 1 aromatic heterocycles. The lowest BCUT2D eigenvalue weighted by Crippen LogP contribution is -2.35. The van der Waals surface area contributed by atoms with Crippen molar-refractivity contribution in [1.82, 2.24) is 10.4 Å². The van der Waals surface area contributed by atoms with Crippen molar-refractivity contribution < 1.29 is 4.79 Å². The van der Waals surface area contributed by atoms with Crippen LogP contribution in [0, 0.1) is 13.8 Å². The van der Waals surface area contributed by atoms with Crippen molar-refractivity contribution in [1.29, 1.82) is 0 Å². The highest BCUT2D eigenvalue weighted by molar-refractivity contribution is 5.86. The summed E-state index contributed by atoms with van der Waals surface area (Å²) in [6.07, 6.45) is 1.53. The van der Waals surface area contributed by atoms with Gasteiger partial charge in [-0.05, 0) is 44.5 Å². The first-order valence-electron chi connectivity index (χ1n) is 7.15. The summed E-state index contributed by atoms with van der Waals surface area (Å²) in [6.45, 7) is 5.70. The van der Waals surface area contributed by atoms with E-state index in [1.807, 2.05) is 56.3 Å². The summed E-state index contributed by atoms with van der Waals surface area (Å²) in [7, 11) is 0. The monoisotopic (exact) mass is 296 g/mol. The molecule has 0 saturated heterocycles. The molecule has 2 N–H and O–H groups in total. The first-order valence-corrected chi connectivity index (χ1v) is 7.15. The number of aryl methyl sites for hydroxylation is 2. The Morgan fingerprint density at radius 1 is 1.18 bits per heavy atom. The Bertz CT molecular complexity index is 682. The lowest BCUT2D eigenvalue weighted by atomic mass is 10.2. The molecule has 5 nitrogen and oxygen atoms in total. The number of amides is 1. The summed E-state index contributed by atoms with van der Waals surface area (Å²) >= 11 is 0. The Kier molecular flexibility index (Phi) is 5.25. The fourth-order valence-corrected chi connectivity index (χ4v) is 1.93. The zero-order valence-electron chi connectivity index (χ0n) is 13.0. The number of carbonyl (C=O) groups excluding carboxylic acids is 1. The number of carbonyl (C=O) groups is 1. The van der Waals surface area contributed by atoms with Crippen LogP contribution in [-0.4, -0.2) is 23.1 Å². The maximum atomic E-state index is 12.0. The third kappa shape index (κ3) is 4.41. The van der Waals surface area contributed by atoms with Gasteiger partial charge in [0.25, 0.3) is 5.91 Å². The Labute approximate surface area is 130 Å². The molecule has 22 heavy (non-hydrogen) atoms. The number of benzene rings is 1. The average Bonchev–Trinajstić information content (AvgIpc) is 2.49. The quantitative estimate of drug-likeness (QED) is 0.658. The normalized spacial score (nSPS) is 12.1. The van der Waals surface area contributed by atoms with Gasteiger partial charge < -0.3 is 5.32 Å². The Morgan fingerprint density at radius 3 is 2.68 bits per heavy atom. The Hall–Kier alpha value is -2.69. The van der Waals surface area contributed by atoms with E-state index in [1.165, 1.54) is 6.21 Å². The molecule has 0 unspecified atom stereocenters. The van der Waals surface area contributed by atoms with E-state index in [1.54, 1.807) is 6.92 Å². The van der Waals surface area contributed by atoms with E-state index >= 15 is 0 Å². The molecule has 2 aromatic rings. The zero-order valence-corrected chi connectivity index (χ0v) is 13.0. The third-order valence-electron chi connectivity index (χ3n) is 3.19. The molecule has 0 aliphatic rings. The molecule has 0 spiro atoms. The minimum atomic E-state index is -0.385. The molecule has 2 rings (SSSR count). The van der Waals surface area contributed by atoms with Gasteiger partial charge in [-0.2, -0.15) is 5.10 Å². The van der Waals surface area contributed by atoms with Crippen molar-refractivity contribution >= 4 is 17.8 Å². The van der Waals surface area contributed by atoms with Crippen molar-refractivity contribution in [2.75, 3.05) is 5.32 Å². The number of anilines is 1. The van der Waals surface area contributed by atoms with Crippen LogP contribution >= 0.6 is 0 Å². The van der Waals surface area contributed by atoms with Gasteiger partial charge in [-0.3, -0.25) is 9.78 Å². The SMILES string of the molecule is Cc1cccc(/C=N\NC(=O)[C@H](C)Nc2ccccc2C)n1. The first kappa shape index (κ1) is 15.7. The fourth-order valence-electron chi connectivity index (χ4n) is 1.93. The molecule has 1 heterocycles. The zero-order chi connectivity index (χ0) is 15.9. The molecule has 0 bridgehead atoms. The minimum Gasteiger partial charge on any atom is -0.374 e. The van der Waals surface area contributed by atoms with Crippen molar-refractivity contribution in [3.8, 4) is 0 Å². The molecule has 1 atom stereocenters. The van der Waals surface area contributed by atoms with Crippen LogP contribution in [0.5, 0.6) is 0 Å². The molecule has 114 valence electrons. The van der Waals surface area contributed by atoms with E-state index < -0.39 is 0 Å². The van der Waals surface area contributed by atoms with Crippen molar-refractivity contribution in [3.05, 3.63) is 59.4 Å². The van der Waals surface area contributed by atoms with Crippen LogP contribution in [0.1, 0.15) is 23.9 Å². The molecular formula is C17H20N4O. The highest BCUT2D eigenvalue weighted by Gasteiger charge is 2.12. The summed E-state index contributed by atoms with van der Waals surface area (Å²) in [5.41, 5.74) is 6.17. The number of pyridine rings is 1. The average molecular weight is 296 g/mol. The maximum absolute atomic E-state index is 12.0. The molecule has 1 amide bonds. The predicted molar refractivity (Wildman–Crippen MR) is 89.0 cm³/mol.